The monoisotopic (exact) mass is 247 g/mol. The molecule has 1 N–H and O–H groups in total. The lowest BCUT2D eigenvalue weighted by Gasteiger charge is -2.16. The molecule has 0 heterocycles. The largest absolute Gasteiger partial charge is 0.303 e. The van der Waals surface area contributed by atoms with Crippen LogP contribution in [0.1, 0.15) is 32.8 Å². The van der Waals surface area contributed by atoms with Crippen LogP contribution in [0.25, 0.3) is 0 Å². The van der Waals surface area contributed by atoms with Crippen LogP contribution in [0.2, 0.25) is 0 Å². The minimum atomic E-state index is -0.375. The average molecular weight is 247 g/mol. The van der Waals surface area contributed by atoms with Gasteiger partial charge in [-0.25, -0.2) is 0 Å². The smallest absolute Gasteiger partial charge is 0.147 e. The van der Waals surface area contributed by atoms with E-state index >= 15 is 0 Å². The summed E-state index contributed by atoms with van der Waals surface area (Å²) in [4.78, 5) is 23.2. The number of hydrogen-bond acceptors (Lipinski definition) is 3. The lowest BCUT2D eigenvalue weighted by atomic mass is 9.99. The van der Waals surface area contributed by atoms with Crippen LogP contribution >= 0.6 is 0 Å². The molecule has 0 aliphatic heterocycles. The van der Waals surface area contributed by atoms with Crippen molar-refractivity contribution in [1.29, 1.82) is 0 Å². The van der Waals surface area contributed by atoms with E-state index in [9.17, 15) is 9.59 Å². The zero-order valence-electron chi connectivity index (χ0n) is 11.3. The summed E-state index contributed by atoms with van der Waals surface area (Å²) in [5.41, 5.74) is 1.11. The van der Waals surface area contributed by atoms with Gasteiger partial charge in [-0.2, -0.15) is 0 Å². The molecule has 18 heavy (non-hydrogen) atoms. The first-order valence-electron chi connectivity index (χ1n) is 6.31. The van der Waals surface area contributed by atoms with Crippen molar-refractivity contribution in [3.63, 3.8) is 0 Å². The Labute approximate surface area is 109 Å². The zero-order chi connectivity index (χ0) is 13.5. The molecule has 0 bridgehead atoms. The van der Waals surface area contributed by atoms with Crippen molar-refractivity contribution < 1.29 is 9.59 Å². The molecular formula is C15H21NO2. The fraction of sp³-hybridized carbons (Fsp3) is 0.467. The van der Waals surface area contributed by atoms with Gasteiger partial charge in [0.2, 0.25) is 0 Å². The number of Topliss-reactive ketones (excluding diaryl/α,β-unsaturated/α-hetero) is 2. The Morgan fingerprint density at radius 3 is 2.28 bits per heavy atom. The molecule has 1 aromatic rings. The van der Waals surface area contributed by atoms with Crippen molar-refractivity contribution in [2.24, 2.45) is 5.92 Å². The summed E-state index contributed by atoms with van der Waals surface area (Å²) >= 11 is 0. The van der Waals surface area contributed by atoms with Crippen molar-refractivity contribution >= 4 is 11.6 Å². The van der Waals surface area contributed by atoms with E-state index in [2.05, 4.69) is 5.32 Å². The summed E-state index contributed by atoms with van der Waals surface area (Å²) in [6.45, 7) is 5.85. The van der Waals surface area contributed by atoms with Crippen molar-refractivity contribution in [2.75, 3.05) is 0 Å². The molecule has 3 nitrogen and oxygen atoms in total. The van der Waals surface area contributed by atoms with Crippen LogP contribution in [-0.4, -0.2) is 17.6 Å². The van der Waals surface area contributed by atoms with Crippen LogP contribution in [0.3, 0.4) is 0 Å². The molecule has 1 atom stereocenters. The number of hydrogen-bond donors (Lipinski definition) is 1. The highest BCUT2D eigenvalue weighted by Crippen LogP contribution is 2.05. The van der Waals surface area contributed by atoms with E-state index < -0.39 is 0 Å². The fourth-order valence-electron chi connectivity index (χ4n) is 1.63. The van der Waals surface area contributed by atoms with Crippen molar-refractivity contribution in [1.82, 2.24) is 5.32 Å². The number of nitrogens with one attached hydrogen (secondary N) is 1. The number of ketones is 2. The second kappa shape index (κ2) is 7.07. The molecule has 98 valence electrons. The van der Waals surface area contributed by atoms with E-state index in [4.69, 9.17) is 0 Å². The lowest BCUT2D eigenvalue weighted by molar-refractivity contribution is -0.126. The highest BCUT2D eigenvalue weighted by atomic mass is 16.1. The maximum atomic E-state index is 11.7. The molecule has 0 aliphatic rings. The SMILES string of the molecule is CC(=O)C(CC(=O)C(C)C)NCc1ccccc1. The summed E-state index contributed by atoms with van der Waals surface area (Å²) in [6.07, 6.45) is 0.278. The van der Waals surface area contributed by atoms with E-state index in [-0.39, 0.29) is 29.9 Å². The Balaban J connectivity index is 2.54. The highest BCUT2D eigenvalue weighted by Gasteiger charge is 2.19. The fourth-order valence-corrected chi connectivity index (χ4v) is 1.63. The van der Waals surface area contributed by atoms with Gasteiger partial charge in [0.25, 0.3) is 0 Å². The molecular weight excluding hydrogens is 226 g/mol. The third-order valence-corrected chi connectivity index (χ3v) is 2.94. The van der Waals surface area contributed by atoms with Crippen LogP contribution in [0, 0.1) is 5.92 Å². The summed E-state index contributed by atoms with van der Waals surface area (Å²) in [7, 11) is 0. The molecule has 0 aliphatic carbocycles. The van der Waals surface area contributed by atoms with Crippen LogP contribution in [0.4, 0.5) is 0 Å². The van der Waals surface area contributed by atoms with Gasteiger partial charge in [0, 0.05) is 18.9 Å². The van der Waals surface area contributed by atoms with E-state index in [1.54, 1.807) is 0 Å². The molecule has 0 saturated heterocycles. The molecule has 3 heteroatoms. The number of carbonyl (C=O) groups is 2. The van der Waals surface area contributed by atoms with Gasteiger partial charge in [-0.05, 0) is 12.5 Å². The molecule has 1 unspecified atom stereocenters. The zero-order valence-corrected chi connectivity index (χ0v) is 11.3. The molecule has 1 rings (SSSR count). The predicted octanol–water partition coefficient (Wildman–Crippen LogP) is 2.35. The molecule has 0 spiro atoms. The highest BCUT2D eigenvalue weighted by molar-refractivity contribution is 5.89. The maximum absolute atomic E-state index is 11.7. The van der Waals surface area contributed by atoms with Gasteiger partial charge < -0.3 is 5.32 Å². The topological polar surface area (TPSA) is 46.2 Å². The molecule has 0 saturated carbocycles. The molecule has 0 fully saturated rings. The van der Waals surface area contributed by atoms with Crippen molar-refractivity contribution in [3.05, 3.63) is 35.9 Å². The maximum Gasteiger partial charge on any atom is 0.147 e. The summed E-state index contributed by atoms with van der Waals surface area (Å²) in [5, 5.41) is 3.15. The first kappa shape index (κ1) is 14.6. The van der Waals surface area contributed by atoms with Gasteiger partial charge in [-0.1, -0.05) is 44.2 Å². The Hall–Kier alpha value is -1.48. The molecule has 1 aromatic carbocycles. The van der Waals surface area contributed by atoms with E-state index in [1.165, 1.54) is 6.92 Å². The Bertz CT molecular complexity index is 398. The summed E-state index contributed by atoms with van der Waals surface area (Å²) in [5.74, 6) is 0.112. The third-order valence-electron chi connectivity index (χ3n) is 2.94. The van der Waals surface area contributed by atoms with Crippen molar-refractivity contribution in [3.8, 4) is 0 Å². The normalized spacial score (nSPS) is 12.4. The van der Waals surface area contributed by atoms with Crippen LogP contribution in [-0.2, 0) is 16.1 Å². The predicted molar refractivity (Wildman–Crippen MR) is 72.2 cm³/mol. The van der Waals surface area contributed by atoms with Crippen LogP contribution in [0.15, 0.2) is 30.3 Å². The molecule has 0 amide bonds. The van der Waals surface area contributed by atoms with Crippen LogP contribution in [0.5, 0.6) is 0 Å². The molecule has 0 radical (unpaired) electrons. The van der Waals surface area contributed by atoms with E-state index in [1.807, 2.05) is 44.2 Å². The number of carbonyl (C=O) groups excluding carboxylic acids is 2. The first-order chi connectivity index (χ1) is 8.50. The number of benzene rings is 1. The Kier molecular flexibility index (Phi) is 5.72. The lowest BCUT2D eigenvalue weighted by Crippen LogP contribution is -2.37. The van der Waals surface area contributed by atoms with Gasteiger partial charge >= 0.3 is 0 Å². The summed E-state index contributed by atoms with van der Waals surface area (Å²) in [6, 6.07) is 9.48. The van der Waals surface area contributed by atoms with Gasteiger partial charge in [0.15, 0.2) is 0 Å². The van der Waals surface area contributed by atoms with Crippen molar-refractivity contribution in [2.45, 2.75) is 39.8 Å². The first-order valence-corrected chi connectivity index (χ1v) is 6.31. The third kappa shape index (κ3) is 4.80. The quantitative estimate of drug-likeness (QED) is 0.804. The average Bonchev–Trinajstić information content (AvgIpc) is 2.34. The Morgan fingerprint density at radius 1 is 1.17 bits per heavy atom. The number of rotatable bonds is 7. The minimum Gasteiger partial charge on any atom is -0.303 e. The van der Waals surface area contributed by atoms with E-state index in [0.29, 0.717) is 6.54 Å². The molecule has 0 aromatic heterocycles. The van der Waals surface area contributed by atoms with Gasteiger partial charge in [0.05, 0.1) is 6.04 Å². The van der Waals surface area contributed by atoms with Gasteiger partial charge in [-0.3, -0.25) is 9.59 Å². The van der Waals surface area contributed by atoms with Crippen LogP contribution < -0.4 is 5.32 Å². The standard InChI is InChI=1S/C15H21NO2/c1-11(2)15(18)9-14(12(3)17)16-10-13-7-5-4-6-8-13/h4-8,11,14,16H,9-10H2,1-3H3. The second-order valence-electron chi connectivity index (χ2n) is 4.85. The second-order valence-corrected chi connectivity index (χ2v) is 4.85. The Morgan fingerprint density at radius 2 is 1.78 bits per heavy atom. The summed E-state index contributed by atoms with van der Waals surface area (Å²) < 4.78 is 0. The van der Waals surface area contributed by atoms with Gasteiger partial charge in [0.1, 0.15) is 11.6 Å². The van der Waals surface area contributed by atoms with E-state index in [0.717, 1.165) is 5.56 Å². The minimum absolute atomic E-state index is 0.0138. The van der Waals surface area contributed by atoms with Gasteiger partial charge in [-0.15, -0.1) is 0 Å².